The molecule has 23 nitrogen and oxygen atoms in total. The van der Waals surface area contributed by atoms with Crippen LogP contribution in [-0.2, 0) is 49.1 Å². The average molecular weight is 1750 g/mol. The second kappa shape index (κ2) is 36.3. The van der Waals surface area contributed by atoms with Gasteiger partial charge in [-0.05, 0) is 178 Å². The van der Waals surface area contributed by atoms with E-state index in [2.05, 4.69) is 148 Å². The van der Waals surface area contributed by atoms with Gasteiger partial charge in [0, 0.05) is 69.0 Å². The number of hydrogen-bond acceptors (Lipinski definition) is 21. The summed E-state index contributed by atoms with van der Waals surface area (Å²) in [6.07, 6.45) is 17.5. The minimum Gasteiger partial charge on any atom is -0.497 e. The molecule has 2 saturated heterocycles. The van der Waals surface area contributed by atoms with E-state index in [9.17, 15) is 39.0 Å². The number of carbonyl (C=O) groups is 6. The van der Waals surface area contributed by atoms with Gasteiger partial charge in [-0.3, -0.25) is 33.3 Å². The zero-order valence-electron chi connectivity index (χ0n) is 70.4. The minimum atomic E-state index is -1.27. The molecule has 5 saturated carbocycles. The topological polar surface area (TPSA) is 305 Å². The van der Waals surface area contributed by atoms with Gasteiger partial charge in [0.2, 0.25) is 11.8 Å². The van der Waals surface area contributed by atoms with Gasteiger partial charge >= 0.3 is 0 Å². The van der Waals surface area contributed by atoms with Crippen LogP contribution in [0.2, 0.25) is 0 Å². The van der Waals surface area contributed by atoms with E-state index >= 15 is 0 Å². The number of carbonyl (C=O) groups excluding carboxylic acids is 6. The third-order valence-corrected chi connectivity index (χ3v) is 27.7. The summed E-state index contributed by atoms with van der Waals surface area (Å²) < 4.78 is 21.3. The number of ether oxygens (including phenoxy) is 3. The van der Waals surface area contributed by atoms with E-state index in [1.807, 2.05) is 159 Å². The molecule has 0 spiro atoms. The number of ketones is 4. The number of fused-ring (bicyclic) bond motifs is 4. The lowest BCUT2D eigenvalue weighted by Gasteiger charge is -2.37. The second-order valence-electron chi connectivity index (χ2n) is 35.0. The van der Waals surface area contributed by atoms with Crippen LogP contribution < -0.4 is 26.2 Å². The van der Waals surface area contributed by atoms with Gasteiger partial charge < -0.3 is 45.9 Å². The lowest BCUT2D eigenvalue weighted by molar-refractivity contribution is -0.136. The molecule has 0 radical (unpaired) electrons. The molecule has 19 rings (SSSR count). The highest BCUT2D eigenvalue weighted by atomic mass is 79.9. The fourth-order valence-corrected chi connectivity index (χ4v) is 19.3. The number of thioether (sulfide) groups is 1. The molecule has 5 aromatic carbocycles. The molecule has 11 aliphatic rings. The Morgan fingerprint density at radius 2 is 1.34 bits per heavy atom. The van der Waals surface area contributed by atoms with Gasteiger partial charge in [0.15, 0.2) is 33.4 Å². The quantitative estimate of drug-likeness (QED) is 0.0490. The van der Waals surface area contributed by atoms with Gasteiger partial charge in [-0.25, -0.2) is 9.67 Å². The number of rotatable bonds is 16. The number of halogens is 1. The number of benzene rings is 5. The number of Topliss-reactive ketones (excluding diaryl/α,β-unsaturated/α-hetero) is 2. The first-order valence-electron chi connectivity index (χ1n) is 41.7. The summed E-state index contributed by atoms with van der Waals surface area (Å²) in [5, 5.41) is 50.1. The Morgan fingerprint density at radius 3 is 1.97 bits per heavy atom. The highest BCUT2D eigenvalue weighted by Crippen LogP contribution is 2.56. The van der Waals surface area contributed by atoms with Gasteiger partial charge in [-0.15, -0.1) is 21.5 Å². The van der Waals surface area contributed by atoms with Crippen LogP contribution in [0.25, 0.3) is 11.4 Å². The molecule has 0 bridgehead atoms. The summed E-state index contributed by atoms with van der Waals surface area (Å²) in [6, 6.07) is 47.5. The van der Waals surface area contributed by atoms with Crippen LogP contribution in [0.3, 0.4) is 0 Å². The number of hydrogen-bond donors (Lipinski definition) is 6. The van der Waals surface area contributed by atoms with Crippen LogP contribution >= 0.6 is 39.0 Å². The monoisotopic (exact) mass is 1750 g/mol. The number of nitrogens with zero attached hydrogens (tertiary/aromatic N) is 8. The molecule has 2 amide bonds. The van der Waals surface area contributed by atoms with E-state index in [1.165, 1.54) is 34.7 Å². The Labute approximate surface area is 729 Å². The number of amides is 2. The van der Waals surface area contributed by atoms with Gasteiger partial charge in [0.05, 0.1) is 58.9 Å². The predicted molar refractivity (Wildman–Crippen MR) is 479 cm³/mol. The number of anilines is 2. The molecule has 636 valence electrons. The summed E-state index contributed by atoms with van der Waals surface area (Å²) in [5.74, 6) is 3.75. The number of allylic oxidation sites excluding steroid dienone is 4. The maximum Gasteiger partial charge on any atom is 0.236 e. The zero-order chi connectivity index (χ0) is 86.7. The van der Waals surface area contributed by atoms with Crippen LogP contribution in [0.4, 0.5) is 10.9 Å². The fourth-order valence-electron chi connectivity index (χ4n) is 17.5. The van der Waals surface area contributed by atoms with E-state index in [4.69, 9.17) is 19.3 Å². The molecule has 4 aliphatic heterocycles. The van der Waals surface area contributed by atoms with Crippen molar-refractivity contribution in [3.05, 3.63) is 263 Å². The van der Waals surface area contributed by atoms with Crippen molar-refractivity contribution >= 4 is 96.3 Å². The zero-order valence-corrected chi connectivity index (χ0v) is 73.6. The third kappa shape index (κ3) is 18.7. The van der Waals surface area contributed by atoms with E-state index in [-0.39, 0.29) is 122 Å². The molecule has 2 unspecified atom stereocenters. The predicted octanol–water partition coefficient (Wildman–Crippen LogP) is 16.4. The van der Waals surface area contributed by atoms with Gasteiger partial charge in [0.25, 0.3) is 0 Å². The van der Waals surface area contributed by atoms with E-state index < -0.39 is 17.1 Å². The maximum atomic E-state index is 12.8. The summed E-state index contributed by atoms with van der Waals surface area (Å²) in [4.78, 5) is 79.2. The number of thiazole rings is 1. The van der Waals surface area contributed by atoms with Crippen LogP contribution in [0.1, 0.15) is 145 Å². The molecule has 3 aromatic heterocycles. The molecule has 6 N–H and O–H groups in total. The molecule has 8 aromatic rings. The van der Waals surface area contributed by atoms with E-state index in [1.54, 1.807) is 30.4 Å². The molecule has 7 heterocycles. The number of para-hydroxylation sites is 1. The molecule has 26 heteroatoms. The van der Waals surface area contributed by atoms with Crippen molar-refractivity contribution in [3.8, 4) is 17.1 Å². The number of nitrogens with one attached hydrogen (secondary N) is 4. The Hall–Kier alpha value is -10.8. The van der Waals surface area contributed by atoms with Crippen molar-refractivity contribution in [2.75, 3.05) is 36.6 Å². The molecule has 7 aliphatic carbocycles. The fraction of sp³-hybridized carbons (Fsp3) is 0.396. The summed E-state index contributed by atoms with van der Waals surface area (Å²) in [5.41, 5.74) is 12.4. The highest BCUT2D eigenvalue weighted by molar-refractivity contribution is 9.10. The van der Waals surface area contributed by atoms with E-state index in [0.29, 0.717) is 46.3 Å². The van der Waals surface area contributed by atoms with Crippen LogP contribution in [0, 0.1) is 59.2 Å². The van der Waals surface area contributed by atoms with Crippen molar-refractivity contribution in [3.63, 3.8) is 0 Å². The number of aliphatic hydroxyl groups excluding tert-OH is 1. The molecule has 7 fully saturated rings. The first kappa shape index (κ1) is 87.6. The van der Waals surface area contributed by atoms with Gasteiger partial charge in [0.1, 0.15) is 58.6 Å². The largest absolute Gasteiger partial charge is 0.497 e. The van der Waals surface area contributed by atoms with Crippen molar-refractivity contribution in [1.29, 1.82) is 0 Å². The number of aliphatic hydroxyl groups is 2. The minimum absolute atomic E-state index is 0.0100. The summed E-state index contributed by atoms with van der Waals surface area (Å²) >= 11 is 6.30. The van der Waals surface area contributed by atoms with Gasteiger partial charge in [-0.2, -0.15) is 15.3 Å². The summed E-state index contributed by atoms with van der Waals surface area (Å²) in [6.45, 7) is 33.5. The molecular formula is C96H107BrN12O11S2. The van der Waals surface area contributed by atoms with Crippen molar-refractivity contribution in [1.82, 2.24) is 40.4 Å². The number of hydrazone groups is 2. The standard InChI is InChI=1S/C24H26N6O2S.C16H20O3.C15H18O3.C14H15BrN2O.C14H14N2OS.C13H14N2O/c1-24(2,3)20-14-21(30(28-20)18-8-6-5-7-9-18)26-22(31)15-33-23-27-25-16-29(23)17-10-12-19(32-4)13-11-17;1-8-7-12-14(9(2)10(3)19-12)15(18)16(4)11(8)5-6-13(16)17;1-8-6-13-11(9(2)10(3)18-13)7-15(17)12(8)4-5-14(15)16;1-14(5-6-14)13(18)12-11(8-16-17-12)9-3-2-4-10(15)7-9;1-10-9-15-13(18-10)16-12(17)14(7-8-14)11-5-3-2-4-6-11;16-13(10-6-7-10)12-11(8-14-15-12)9-4-2-1-3-5-9/h5-14,16H,15H2,1-4H3,(H,26,31);5-6,8,11-12,14-15,18H,2-3,7H2,1,4H3;4-5,8,11-13,17H,2-3,6-7H2,1H3;2-4,7,11,16H,5-6,8H2,1H3;2-6,9H,7-8H2,1H3,(H,15,16,17);1-5,10-11,14H,6-8H2/t;8-,11+,12-,14-,15+,16+;8-,11+,12-,13-,15+;;;/m.11.../s1. The smallest absolute Gasteiger partial charge is 0.236 e. The van der Waals surface area contributed by atoms with Crippen molar-refractivity contribution < 1.29 is 53.2 Å². The molecule has 122 heavy (non-hydrogen) atoms. The SMILES string of the molecule is C=C1O[C@@H]2C[C@@H](C)[C@@H]3C=CC(=O)[C@@]3(C)[C@@H](O)[C@@H]2C1=C.C=C1O[C@@H]2C[C@@H](C)[C@H]3C=CC(=O)[C@]3(O)C[C@H]2C1=C.CC1(C(=O)C2=NNCC2c2cccc(Br)c2)CC1.COc1ccc(-n2cnnc2SCC(=O)Nc2cc(C(C)(C)C)nn2-c2ccccc2)cc1.Cc1cnc(NC(=O)C2(c3ccccc3)CC2)s1.O=C(C1=NNCC1c1ccccc1)C1CC1. The Bertz CT molecular complexity index is 5430. The number of aryl methyl sites for hydroxylation is 1. The van der Waals surface area contributed by atoms with Crippen LogP contribution in [0.15, 0.2) is 251 Å². The lowest BCUT2D eigenvalue weighted by Crippen LogP contribution is -2.46. The van der Waals surface area contributed by atoms with Crippen LogP contribution in [0.5, 0.6) is 5.75 Å². The van der Waals surface area contributed by atoms with Crippen LogP contribution in [-0.4, -0.2) is 136 Å². The molecule has 13 atom stereocenters. The number of methoxy groups -OCH3 is 1. The third-order valence-electron chi connectivity index (χ3n) is 25.4. The first-order chi connectivity index (χ1) is 58.3. The lowest BCUT2D eigenvalue weighted by atomic mass is 9.67. The number of aromatic nitrogens is 6. The first-order valence-corrected chi connectivity index (χ1v) is 44.3. The average Bonchev–Trinajstić information content (AvgIpc) is 1.58. The molecular weight excluding hydrogens is 1640 g/mol. The maximum absolute atomic E-state index is 12.8. The van der Waals surface area contributed by atoms with Crippen molar-refractivity contribution in [2.45, 2.75) is 165 Å². The Balaban J connectivity index is 0.000000122. The van der Waals surface area contributed by atoms with E-state index in [0.717, 1.165) is 118 Å². The Kier molecular flexibility index (Phi) is 26.1. The van der Waals surface area contributed by atoms with Gasteiger partial charge in [-0.1, -0.05) is 199 Å². The second-order valence-corrected chi connectivity index (χ2v) is 38.1. The highest BCUT2D eigenvalue weighted by Gasteiger charge is 2.60. The normalized spacial score (nSPS) is 26.7. The Morgan fingerprint density at radius 1 is 0.730 bits per heavy atom. The van der Waals surface area contributed by atoms with Crippen molar-refractivity contribution in [2.24, 2.45) is 62.5 Å². The summed E-state index contributed by atoms with van der Waals surface area (Å²) in [7, 11) is 1.63.